The van der Waals surface area contributed by atoms with Gasteiger partial charge in [0, 0.05) is 23.7 Å². The number of para-hydroxylation sites is 1. The van der Waals surface area contributed by atoms with Crippen LogP contribution in [0.25, 0.3) is 0 Å². The molecule has 0 amide bonds. The zero-order valence-electron chi connectivity index (χ0n) is 8.96. The van der Waals surface area contributed by atoms with Gasteiger partial charge in [0.2, 0.25) is 0 Å². The molecule has 1 heterocycles. The Labute approximate surface area is 85.7 Å². The molecule has 3 rings (SSSR count). The second-order valence-electron chi connectivity index (χ2n) is 5.02. The first-order valence-corrected chi connectivity index (χ1v) is 5.59. The topological polar surface area (TPSA) is 3.24 Å². The lowest BCUT2D eigenvalue weighted by molar-refractivity contribution is 0.640. The van der Waals surface area contributed by atoms with Crippen molar-refractivity contribution in [3.8, 4) is 0 Å². The van der Waals surface area contributed by atoms with E-state index in [0.29, 0.717) is 11.5 Å². The molecule has 0 radical (unpaired) electrons. The van der Waals surface area contributed by atoms with E-state index in [9.17, 15) is 0 Å². The number of hydrogen-bond donors (Lipinski definition) is 0. The molecule has 1 heteroatoms. The first kappa shape index (κ1) is 8.34. The second kappa shape index (κ2) is 2.53. The van der Waals surface area contributed by atoms with Crippen LogP contribution in [0.4, 0.5) is 5.69 Å². The van der Waals surface area contributed by atoms with Crippen molar-refractivity contribution in [2.75, 3.05) is 11.4 Å². The fourth-order valence-corrected chi connectivity index (χ4v) is 2.71. The third kappa shape index (κ3) is 0.956. The average Bonchev–Trinajstić information content (AvgIpc) is 2.86. The molecule has 0 N–H and O–H groups in total. The Morgan fingerprint density at radius 3 is 2.57 bits per heavy atom. The van der Waals surface area contributed by atoms with Gasteiger partial charge < -0.3 is 4.90 Å². The van der Waals surface area contributed by atoms with E-state index in [1.807, 2.05) is 0 Å². The Balaban J connectivity index is 2.10. The quantitative estimate of drug-likeness (QED) is 0.653. The van der Waals surface area contributed by atoms with Crippen molar-refractivity contribution in [3.05, 3.63) is 29.8 Å². The largest absolute Gasteiger partial charge is 0.368 e. The molecule has 1 nitrogen and oxygen atoms in total. The van der Waals surface area contributed by atoms with Crippen LogP contribution < -0.4 is 4.90 Å². The fourth-order valence-electron chi connectivity index (χ4n) is 2.71. The van der Waals surface area contributed by atoms with Crippen LogP contribution >= 0.6 is 0 Å². The molecule has 0 unspecified atom stereocenters. The fraction of sp³-hybridized carbons (Fsp3) is 0.538. The maximum absolute atomic E-state index is 2.56. The summed E-state index contributed by atoms with van der Waals surface area (Å²) in [5, 5.41) is 0. The van der Waals surface area contributed by atoms with Crippen LogP contribution in [-0.4, -0.2) is 12.6 Å². The minimum Gasteiger partial charge on any atom is -0.368 e. The summed E-state index contributed by atoms with van der Waals surface area (Å²) in [6, 6.07) is 9.59. The van der Waals surface area contributed by atoms with Gasteiger partial charge in [-0.05, 0) is 38.3 Å². The molecule has 1 saturated carbocycles. The van der Waals surface area contributed by atoms with Crippen LogP contribution in [0, 0.1) is 0 Å². The van der Waals surface area contributed by atoms with E-state index in [-0.39, 0.29) is 0 Å². The molecule has 74 valence electrons. The summed E-state index contributed by atoms with van der Waals surface area (Å²) < 4.78 is 0. The maximum atomic E-state index is 2.56. The summed E-state index contributed by atoms with van der Waals surface area (Å²) in [4.78, 5) is 2.56. The standard InChI is InChI=1S/C13H17N/c1-10(2)14-9-13(7-8-13)11-5-3-4-6-12(11)14/h3-6,10H,7-9H2,1-2H3. The Bertz CT molecular complexity index is 363. The van der Waals surface area contributed by atoms with E-state index in [1.165, 1.54) is 25.1 Å². The molecule has 1 aliphatic carbocycles. The molecule has 2 aliphatic rings. The van der Waals surface area contributed by atoms with Crippen molar-refractivity contribution >= 4 is 5.69 Å². The number of benzene rings is 1. The van der Waals surface area contributed by atoms with E-state index in [2.05, 4.69) is 43.0 Å². The van der Waals surface area contributed by atoms with Crippen molar-refractivity contribution in [1.82, 2.24) is 0 Å². The van der Waals surface area contributed by atoms with Crippen LogP contribution in [0.3, 0.4) is 0 Å². The van der Waals surface area contributed by atoms with Crippen LogP contribution in [0.1, 0.15) is 32.3 Å². The smallest absolute Gasteiger partial charge is 0.0407 e. The molecule has 1 spiro atoms. The third-order valence-electron chi connectivity index (χ3n) is 3.73. The zero-order chi connectivity index (χ0) is 9.76. The van der Waals surface area contributed by atoms with Gasteiger partial charge in [-0.15, -0.1) is 0 Å². The van der Waals surface area contributed by atoms with Crippen molar-refractivity contribution in [2.45, 2.75) is 38.1 Å². The highest BCUT2D eigenvalue weighted by Crippen LogP contribution is 2.56. The van der Waals surface area contributed by atoms with Crippen molar-refractivity contribution in [1.29, 1.82) is 0 Å². The van der Waals surface area contributed by atoms with Crippen molar-refractivity contribution in [3.63, 3.8) is 0 Å². The maximum Gasteiger partial charge on any atom is 0.0407 e. The zero-order valence-corrected chi connectivity index (χ0v) is 8.96. The van der Waals surface area contributed by atoms with Gasteiger partial charge >= 0.3 is 0 Å². The Morgan fingerprint density at radius 1 is 1.21 bits per heavy atom. The first-order chi connectivity index (χ1) is 6.73. The summed E-state index contributed by atoms with van der Waals surface area (Å²) in [6.45, 7) is 5.83. The van der Waals surface area contributed by atoms with E-state index < -0.39 is 0 Å². The number of nitrogens with zero attached hydrogens (tertiary/aromatic N) is 1. The summed E-state index contributed by atoms with van der Waals surface area (Å²) in [6.07, 6.45) is 2.79. The number of hydrogen-bond acceptors (Lipinski definition) is 1. The minimum absolute atomic E-state index is 0.556. The molecule has 14 heavy (non-hydrogen) atoms. The number of fused-ring (bicyclic) bond motifs is 2. The summed E-state index contributed by atoms with van der Waals surface area (Å²) in [5.41, 5.74) is 3.65. The lowest BCUT2D eigenvalue weighted by Gasteiger charge is -2.24. The highest BCUT2D eigenvalue weighted by molar-refractivity contribution is 5.65. The Hall–Kier alpha value is -0.980. The first-order valence-electron chi connectivity index (χ1n) is 5.59. The SMILES string of the molecule is CC(C)N1CC2(CC2)c2ccccc21. The molecule has 0 saturated heterocycles. The van der Waals surface area contributed by atoms with Crippen molar-refractivity contribution < 1.29 is 0 Å². The third-order valence-corrected chi connectivity index (χ3v) is 3.73. The highest BCUT2D eigenvalue weighted by atomic mass is 15.2. The number of anilines is 1. The molecule has 1 aromatic carbocycles. The van der Waals surface area contributed by atoms with Gasteiger partial charge in [-0.1, -0.05) is 18.2 Å². The molecule has 1 aliphatic heterocycles. The molecule has 1 aromatic rings. The van der Waals surface area contributed by atoms with Gasteiger partial charge in [-0.2, -0.15) is 0 Å². The minimum atomic E-state index is 0.556. The van der Waals surface area contributed by atoms with Gasteiger partial charge in [-0.25, -0.2) is 0 Å². The van der Waals surface area contributed by atoms with Gasteiger partial charge in [0.05, 0.1) is 0 Å². The molecule has 0 bridgehead atoms. The van der Waals surface area contributed by atoms with E-state index in [0.717, 1.165) is 0 Å². The van der Waals surface area contributed by atoms with Crippen LogP contribution in [0.5, 0.6) is 0 Å². The van der Waals surface area contributed by atoms with Gasteiger partial charge in [0.1, 0.15) is 0 Å². The van der Waals surface area contributed by atoms with Crippen molar-refractivity contribution in [2.24, 2.45) is 0 Å². The molecule has 0 aromatic heterocycles. The van der Waals surface area contributed by atoms with E-state index in [4.69, 9.17) is 0 Å². The Morgan fingerprint density at radius 2 is 1.93 bits per heavy atom. The van der Waals surface area contributed by atoms with Gasteiger partial charge in [0.15, 0.2) is 0 Å². The summed E-state index contributed by atoms with van der Waals surface area (Å²) in [5.74, 6) is 0. The van der Waals surface area contributed by atoms with Crippen LogP contribution in [0.2, 0.25) is 0 Å². The molecular formula is C13H17N. The molecular weight excluding hydrogens is 170 g/mol. The second-order valence-corrected chi connectivity index (χ2v) is 5.02. The predicted molar refractivity (Wildman–Crippen MR) is 59.8 cm³/mol. The van der Waals surface area contributed by atoms with E-state index >= 15 is 0 Å². The average molecular weight is 187 g/mol. The molecule has 1 fully saturated rings. The summed E-state index contributed by atoms with van der Waals surface area (Å²) >= 11 is 0. The van der Waals surface area contributed by atoms with Gasteiger partial charge in [-0.3, -0.25) is 0 Å². The summed E-state index contributed by atoms with van der Waals surface area (Å²) in [7, 11) is 0. The Kier molecular flexibility index (Phi) is 1.51. The van der Waals surface area contributed by atoms with Crippen LogP contribution in [0.15, 0.2) is 24.3 Å². The number of rotatable bonds is 1. The monoisotopic (exact) mass is 187 g/mol. The van der Waals surface area contributed by atoms with Crippen LogP contribution in [-0.2, 0) is 5.41 Å². The normalized spacial score (nSPS) is 21.8. The lowest BCUT2D eigenvalue weighted by Crippen LogP contribution is -2.31. The lowest BCUT2D eigenvalue weighted by atomic mass is 9.99. The van der Waals surface area contributed by atoms with Gasteiger partial charge in [0.25, 0.3) is 0 Å². The van der Waals surface area contributed by atoms with E-state index in [1.54, 1.807) is 5.56 Å². The predicted octanol–water partition coefficient (Wildman–Crippen LogP) is 2.95. The highest BCUT2D eigenvalue weighted by Gasteiger charge is 2.51. The molecule has 0 atom stereocenters.